The lowest BCUT2D eigenvalue weighted by Gasteiger charge is -2.10. The van der Waals surface area contributed by atoms with Crippen LogP contribution in [0.2, 0.25) is 0 Å². The highest BCUT2D eigenvalue weighted by Crippen LogP contribution is 2.22. The second-order valence-corrected chi connectivity index (χ2v) is 7.94. The van der Waals surface area contributed by atoms with Gasteiger partial charge in [0.15, 0.2) is 5.16 Å². The van der Waals surface area contributed by atoms with Crippen molar-refractivity contribution < 1.29 is 4.79 Å². The molecule has 0 aliphatic carbocycles. The van der Waals surface area contributed by atoms with Crippen LogP contribution in [0.5, 0.6) is 0 Å². The number of anilines is 1. The van der Waals surface area contributed by atoms with Crippen molar-refractivity contribution in [2.24, 2.45) is 0 Å². The van der Waals surface area contributed by atoms with E-state index in [9.17, 15) is 9.59 Å². The molecule has 2 heterocycles. The summed E-state index contributed by atoms with van der Waals surface area (Å²) < 4.78 is 3.35. The second kappa shape index (κ2) is 8.16. The molecule has 0 aliphatic rings. The van der Waals surface area contributed by atoms with Gasteiger partial charge in [-0.25, -0.2) is 0 Å². The molecule has 0 radical (unpaired) electrons. The third kappa shape index (κ3) is 3.61. The minimum Gasteiger partial charge on any atom is -0.325 e. The van der Waals surface area contributed by atoms with E-state index in [1.54, 1.807) is 12.1 Å². The predicted molar refractivity (Wildman–Crippen MR) is 120 cm³/mol. The summed E-state index contributed by atoms with van der Waals surface area (Å²) in [6.07, 6.45) is 1.65. The van der Waals surface area contributed by atoms with Crippen molar-refractivity contribution in [1.29, 1.82) is 0 Å². The Balaban J connectivity index is 1.67. The molecule has 4 rings (SSSR count). The van der Waals surface area contributed by atoms with E-state index in [1.165, 1.54) is 16.3 Å². The molecule has 2 aromatic heterocycles. The van der Waals surface area contributed by atoms with Crippen molar-refractivity contribution in [2.45, 2.75) is 25.5 Å². The number of para-hydroxylation sites is 1. The van der Waals surface area contributed by atoms with E-state index in [1.807, 2.05) is 54.6 Å². The first kappa shape index (κ1) is 19.9. The van der Waals surface area contributed by atoms with Gasteiger partial charge in [-0.2, -0.15) is 0 Å². The van der Waals surface area contributed by atoms with Gasteiger partial charge >= 0.3 is 0 Å². The van der Waals surface area contributed by atoms with E-state index in [0.717, 1.165) is 16.8 Å². The number of amides is 1. The highest BCUT2D eigenvalue weighted by Gasteiger charge is 2.17. The van der Waals surface area contributed by atoms with Crippen LogP contribution in [0, 0.1) is 13.8 Å². The van der Waals surface area contributed by atoms with E-state index in [0.29, 0.717) is 28.4 Å². The number of carbonyl (C=O) groups is 1. The molecule has 0 unspecified atom stereocenters. The molecule has 0 aliphatic heterocycles. The molecule has 1 N–H and O–H groups in total. The van der Waals surface area contributed by atoms with Gasteiger partial charge in [0.1, 0.15) is 0 Å². The topological polar surface area (TPSA) is 81.3 Å². The van der Waals surface area contributed by atoms with Gasteiger partial charge in [-0.15, -0.1) is 16.8 Å². The van der Waals surface area contributed by atoms with Crippen LogP contribution in [-0.2, 0) is 11.3 Å². The maximum atomic E-state index is 12.8. The van der Waals surface area contributed by atoms with E-state index in [4.69, 9.17) is 0 Å². The Morgan fingerprint density at radius 3 is 2.80 bits per heavy atom. The first-order chi connectivity index (χ1) is 14.5. The van der Waals surface area contributed by atoms with E-state index in [2.05, 4.69) is 22.1 Å². The van der Waals surface area contributed by atoms with Gasteiger partial charge in [0.2, 0.25) is 11.7 Å². The summed E-state index contributed by atoms with van der Waals surface area (Å²) in [6.45, 7) is 7.99. The van der Waals surface area contributed by atoms with E-state index < -0.39 is 0 Å². The van der Waals surface area contributed by atoms with Gasteiger partial charge in [-0.05, 0) is 43.2 Å². The van der Waals surface area contributed by atoms with Crippen molar-refractivity contribution in [2.75, 3.05) is 11.1 Å². The van der Waals surface area contributed by atoms with Crippen LogP contribution in [-0.4, -0.2) is 30.8 Å². The largest absolute Gasteiger partial charge is 0.325 e. The fourth-order valence-electron chi connectivity index (χ4n) is 3.31. The molecular formula is C22H21N5O2S. The van der Waals surface area contributed by atoms with Crippen LogP contribution in [0.4, 0.5) is 5.69 Å². The number of hydrogen-bond donors (Lipinski definition) is 1. The minimum absolute atomic E-state index is 0.130. The molecular weight excluding hydrogens is 398 g/mol. The summed E-state index contributed by atoms with van der Waals surface area (Å²) in [5, 5.41) is 12.5. The van der Waals surface area contributed by atoms with Gasteiger partial charge in [-0.3, -0.25) is 18.6 Å². The molecule has 30 heavy (non-hydrogen) atoms. The Morgan fingerprint density at radius 1 is 1.20 bits per heavy atom. The van der Waals surface area contributed by atoms with Crippen LogP contribution in [0.3, 0.4) is 0 Å². The van der Waals surface area contributed by atoms with Crippen molar-refractivity contribution >= 4 is 40.0 Å². The minimum atomic E-state index is -0.144. The number of rotatable bonds is 6. The maximum absolute atomic E-state index is 12.8. The first-order valence-corrected chi connectivity index (χ1v) is 10.5. The molecule has 2 aromatic carbocycles. The fourth-order valence-corrected chi connectivity index (χ4v) is 4.05. The zero-order chi connectivity index (χ0) is 21.3. The van der Waals surface area contributed by atoms with Gasteiger partial charge in [0.05, 0.1) is 16.7 Å². The monoisotopic (exact) mass is 419 g/mol. The normalized spacial score (nSPS) is 11.1. The van der Waals surface area contributed by atoms with Crippen molar-refractivity contribution in [1.82, 2.24) is 19.2 Å². The average molecular weight is 420 g/mol. The Labute approximate surface area is 177 Å². The molecule has 152 valence electrons. The highest BCUT2D eigenvalue weighted by molar-refractivity contribution is 7.99. The number of thioether (sulfide) groups is 1. The van der Waals surface area contributed by atoms with Gasteiger partial charge in [0.25, 0.3) is 5.56 Å². The molecule has 0 spiro atoms. The lowest BCUT2D eigenvalue weighted by molar-refractivity contribution is -0.113. The zero-order valence-corrected chi connectivity index (χ0v) is 17.6. The summed E-state index contributed by atoms with van der Waals surface area (Å²) >= 11 is 1.28. The Kier molecular flexibility index (Phi) is 5.41. The number of nitrogens with zero attached hydrogens (tertiary/aromatic N) is 4. The third-order valence-electron chi connectivity index (χ3n) is 4.79. The lowest BCUT2D eigenvalue weighted by atomic mass is 10.1. The van der Waals surface area contributed by atoms with Crippen LogP contribution < -0.4 is 10.9 Å². The summed E-state index contributed by atoms with van der Waals surface area (Å²) in [6, 6.07) is 13.3. The summed E-state index contributed by atoms with van der Waals surface area (Å²) in [4.78, 5) is 25.4. The molecule has 7 nitrogen and oxygen atoms in total. The molecule has 0 atom stereocenters. The van der Waals surface area contributed by atoms with Crippen molar-refractivity contribution in [3.05, 3.63) is 76.6 Å². The number of hydrogen-bond acceptors (Lipinski definition) is 5. The highest BCUT2D eigenvalue weighted by atomic mass is 32.2. The first-order valence-electron chi connectivity index (χ1n) is 9.47. The van der Waals surface area contributed by atoms with E-state index in [-0.39, 0.29) is 17.2 Å². The summed E-state index contributed by atoms with van der Waals surface area (Å²) in [5.41, 5.74) is 3.46. The Hall–Kier alpha value is -3.39. The zero-order valence-electron chi connectivity index (χ0n) is 16.8. The van der Waals surface area contributed by atoms with Gasteiger partial charge in [-0.1, -0.05) is 42.1 Å². The molecule has 0 saturated carbocycles. The number of fused-ring (bicyclic) bond motifs is 3. The van der Waals surface area contributed by atoms with Crippen LogP contribution in [0.1, 0.15) is 11.1 Å². The summed E-state index contributed by atoms with van der Waals surface area (Å²) in [5.74, 6) is 0.466. The SMILES string of the molecule is C=CCn1c(=O)c2ccccc2n2c(SCC(=O)Nc3cc(C)ccc3C)nnc12. The number of benzene rings is 2. The summed E-state index contributed by atoms with van der Waals surface area (Å²) in [7, 11) is 0. The quantitative estimate of drug-likeness (QED) is 0.382. The number of carbonyl (C=O) groups excluding carboxylic acids is 1. The van der Waals surface area contributed by atoms with Crippen LogP contribution in [0.15, 0.2) is 65.1 Å². The number of aromatic nitrogens is 4. The standard InChI is InChI=1S/C22H21N5O2S/c1-4-11-26-20(29)16-7-5-6-8-18(16)27-21(26)24-25-22(27)30-13-19(28)23-17-12-14(2)9-10-15(17)3/h4-10,12H,1,11,13H2,2-3H3,(H,23,28). The molecule has 0 saturated heterocycles. The Morgan fingerprint density at radius 2 is 2.00 bits per heavy atom. The number of nitrogens with one attached hydrogen (secondary N) is 1. The predicted octanol–water partition coefficient (Wildman–Crippen LogP) is 3.58. The lowest BCUT2D eigenvalue weighted by Crippen LogP contribution is -2.22. The Bertz CT molecular complexity index is 1340. The molecule has 4 aromatic rings. The molecule has 0 fully saturated rings. The van der Waals surface area contributed by atoms with Crippen LogP contribution in [0.25, 0.3) is 16.7 Å². The molecule has 0 bridgehead atoms. The van der Waals surface area contributed by atoms with Crippen molar-refractivity contribution in [3.63, 3.8) is 0 Å². The average Bonchev–Trinajstić information content (AvgIpc) is 3.16. The van der Waals surface area contributed by atoms with Crippen LogP contribution >= 0.6 is 11.8 Å². The molecule has 1 amide bonds. The van der Waals surface area contributed by atoms with Gasteiger partial charge < -0.3 is 5.32 Å². The maximum Gasteiger partial charge on any atom is 0.263 e. The van der Waals surface area contributed by atoms with E-state index >= 15 is 0 Å². The smallest absolute Gasteiger partial charge is 0.263 e. The number of aryl methyl sites for hydroxylation is 2. The second-order valence-electron chi connectivity index (χ2n) is 6.99. The fraction of sp³-hybridized carbons (Fsp3) is 0.182. The number of allylic oxidation sites excluding steroid dienone is 1. The molecule has 8 heteroatoms. The van der Waals surface area contributed by atoms with Crippen molar-refractivity contribution in [3.8, 4) is 0 Å². The van der Waals surface area contributed by atoms with Gasteiger partial charge in [0, 0.05) is 12.2 Å². The third-order valence-corrected chi connectivity index (χ3v) is 5.72.